The summed E-state index contributed by atoms with van der Waals surface area (Å²) in [5.41, 5.74) is -7.02. The second-order valence-corrected chi connectivity index (χ2v) is 12.0. The van der Waals surface area contributed by atoms with E-state index in [1.165, 1.54) is 12.1 Å². The van der Waals surface area contributed by atoms with Crippen LogP contribution in [0.5, 0.6) is 0 Å². The first kappa shape index (κ1) is 32.8. The third kappa shape index (κ3) is 4.77. The molecule has 0 atom stereocenters. The van der Waals surface area contributed by atoms with Gasteiger partial charge in [-0.25, -0.2) is 36.3 Å². The molecule has 4 aromatic rings. The van der Waals surface area contributed by atoms with Crippen LogP contribution in [-0.4, -0.2) is 9.97 Å². The Balaban J connectivity index is 1.85. The van der Waals surface area contributed by atoms with Crippen molar-refractivity contribution < 1.29 is 26.3 Å². The number of allylic oxidation sites excluding steroid dienone is 10. The second-order valence-electron chi connectivity index (χ2n) is 9.93. The molecule has 0 unspecified atom stereocenters. The number of thiophene rings is 2. The Labute approximate surface area is 284 Å². The van der Waals surface area contributed by atoms with E-state index < -0.39 is 99.0 Å². The maximum absolute atomic E-state index is 17.2. The van der Waals surface area contributed by atoms with E-state index in [4.69, 9.17) is 0 Å². The van der Waals surface area contributed by atoms with Crippen molar-refractivity contribution in [3.63, 3.8) is 0 Å². The van der Waals surface area contributed by atoms with Gasteiger partial charge in [-0.05, 0) is 35.4 Å². The summed E-state index contributed by atoms with van der Waals surface area (Å²) in [5.74, 6) is -9.40. The van der Waals surface area contributed by atoms with Gasteiger partial charge in [-0.3, -0.25) is 0 Å². The maximum Gasteiger partial charge on any atom is 0.188 e. The van der Waals surface area contributed by atoms with E-state index in [1.54, 1.807) is 24.3 Å². The zero-order chi connectivity index (χ0) is 36.0. The number of hydrogen-bond donors (Lipinski definition) is 0. The molecule has 8 nitrogen and oxygen atoms in total. The predicted molar refractivity (Wildman–Crippen MR) is 164 cm³/mol. The minimum Gasteiger partial charge on any atom is -0.246 e. The number of rotatable bonds is 4. The minimum atomic E-state index is -1.68. The average Bonchev–Trinajstić information content (AvgIpc) is 3.80. The summed E-state index contributed by atoms with van der Waals surface area (Å²) in [5, 5.41) is 58.3. The predicted octanol–water partition coefficient (Wildman–Crippen LogP) is 7.98. The van der Waals surface area contributed by atoms with Crippen LogP contribution in [0.3, 0.4) is 0 Å². The molecule has 0 saturated heterocycles. The molecule has 0 N–H and O–H groups in total. The van der Waals surface area contributed by atoms with Gasteiger partial charge in [0.15, 0.2) is 23.3 Å². The van der Waals surface area contributed by atoms with Crippen LogP contribution in [0.15, 0.2) is 70.6 Å². The fourth-order valence-electron chi connectivity index (χ4n) is 5.43. The van der Waals surface area contributed by atoms with Gasteiger partial charge in [-0.15, -0.1) is 22.7 Å². The Morgan fingerprint density at radius 1 is 0.520 bits per heavy atom. The molecule has 0 bridgehead atoms. The van der Waals surface area contributed by atoms with Crippen LogP contribution in [0.4, 0.5) is 26.3 Å². The standard InChI is InChI=1S/C34H6F6N8S2/c35-27-19(11-45)49-33(31(27)39)17(9-43)23-21(13-1-3-47-15(5-13)7-41)29(37)26-24(18(10-44)34-32(40)28(36)20(12-46)50-34)22(30(38)25(23)26)14-2-4-48-16(6-14)8-42/h1-6H/b23-17-,24-18-. The lowest BCUT2D eigenvalue weighted by Crippen LogP contribution is -2.01. The van der Waals surface area contributed by atoms with Crippen molar-refractivity contribution in [2.75, 3.05) is 0 Å². The molecule has 0 aromatic carbocycles. The Kier molecular flexibility index (Phi) is 8.21. The largest absolute Gasteiger partial charge is 0.246 e. The Morgan fingerprint density at radius 2 is 0.900 bits per heavy atom. The van der Waals surface area contributed by atoms with E-state index in [1.807, 2.05) is 0 Å². The molecule has 4 heterocycles. The lowest BCUT2D eigenvalue weighted by atomic mass is 9.88. The molecule has 50 heavy (non-hydrogen) atoms. The van der Waals surface area contributed by atoms with Crippen molar-refractivity contribution in [3.05, 3.63) is 136 Å². The number of halogens is 6. The second kappa shape index (κ2) is 12.5. The fourth-order valence-corrected chi connectivity index (χ4v) is 7.15. The summed E-state index contributed by atoms with van der Waals surface area (Å²) < 4.78 is 94.5. The Bertz CT molecular complexity index is 2500. The molecule has 0 aliphatic heterocycles. The summed E-state index contributed by atoms with van der Waals surface area (Å²) in [6.45, 7) is 0. The summed E-state index contributed by atoms with van der Waals surface area (Å²) >= 11 is 0.351. The van der Waals surface area contributed by atoms with Crippen LogP contribution in [0, 0.1) is 91.3 Å². The van der Waals surface area contributed by atoms with E-state index in [9.17, 15) is 40.4 Å². The summed E-state index contributed by atoms with van der Waals surface area (Å²) in [6, 6.07) is 14.0. The van der Waals surface area contributed by atoms with Crippen LogP contribution in [0.25, 0.3) is 22.3 Å². The monoisotopic (exact) mass is 704 g/mol. The molecule has 6 rings (SSSR count). The Hall–Kier alpha value is -7.08. The van der Waals surface area contributed by atoms with Gasteiger partial charge in [0.05, 0.1) is 20.9 Å². The molecule has 0 amide bonds. The normalized spacial score (nSPS) is 15.5. The highest BCUT2D eigenvalue weighted by molar-refractivity contribution is 7.14. The van der Waals surface area contributed by atoms with Gasteiger partial charge in [0.1, 0.15) is 69.2 Å². The van der Waals surface area contributed by atoms with Gasteiger partial charge in [0, 0.05) is 45.8 Å². The van der Waals surface area contributed by atoms with Gasteiger partial charge in [-0.1, -0.05) is 0 Å². The molecule has 236 valence electrons. The van der Waals surface area contributed by atoms with Crippen LogP contribution in [0.1, 0.15) is 42.0 Å². The van der Waals surface area contributed by atoms with Gasteiger partial charge >= 0.3 is 0 Å². The van der Waals surface area contributed by atoms with Gasteiger partial charge in [0.25, 0.3) is 0 Å². The van der Waals surface area contributed by atoms with Crippen molar-refractivity contribution in [3.8, 4) is 36.4 Å². The van der Waals surface area contributed by atoms with Crippen LogP contribution < -0.4 is 0 Å². The van der Waals surface area contributed by atoms with Crippen LogP contribution >= 0.6 is 22.7 Å². The molecular formula is C34H6F6N8S2. The third-order valence-corrected chi connectivity index (χ3v) is 9.55. The maximum atomic E-state index is 17.2. The van der Waals surface area contributed by atoms with Crippen molar-refractivity contribution in [1.82, 2.24) is 9.97 Å². The molecule has 0 fully saturated rings. The molecule has 2 aliphatic rings. The smallest absolute Gasteiger partial charge is 0.188 e. The lowest BCUT2D eigenvalue weighted by molar-refractivity contribution is 0.513. The molecule has 0 radical (unpaired) electrons. The molecule has 2 aliphatic carbocycles. The number of nitriles is 6. The fraction of sp³-hybridized carbons (Fsp3) is 0. The van der Waals surface area contributed by atoms with E-state index in [2.05, 4.69) is 9.97 Å². The number of hydrogen-bond acceptors (Lipinski definition) is 10. The zero-order valence-electron chi connectivity index (χ0n) is 24.1. The first-order valence-electron chi connectivity index (χ1n) is 13.4. The quantitative estimate of drug-likeness (QED) is 0.152. The van der Waals surface area contributed by atoms with E-state index in [0.717, 1.165) is 36.7 Å². The van der Waals surface area contributed by atoms with Crippen molar-refractivity contribution >= 4 is 45.0 Å². The zero-order valence-corrected chi connectivity index (χ0v) is 25.8. The highest BCUT2D eigenvalue weighted by Gasteiger charge is 2.46. The Morgan fingerprint density at radius 3 is 1.20 bits per heavy atom. The first-order valence-corrected chi connectivity index (χ1v) is 15.0. The van der Waals surface area contributed by atoms with E-state index in [-0.39, 0.29) is 45.2 Å². The summed E-state index contributed by atoms with van der Waals surface area (Å²) in [4.78, 5) is 4.39. The highest BCUT2D eigenvalue weighted by Crippen LogP contribution is 2.60. The lowest BCUT2D eigenvalue weighted by Gasteiger charge is -2.15. The minimum absolute atomic E-state index is 0.175. The molecule has 0 saturated carbocycles. The third-order valence-electron chi connectivity index (χ3n) is 7.43. The van der Waals surface area contributed by atoms with E-state index in [0.29, 0.717) is 0 Å². The number of nitrogens with zero attached hydrogens (tertiary/aromatic N) is 8. The van der Waals surface area contributed by atoms with Crippen LogP contribution in [-0.2, 0) is 0 Å². The summed E-state index contributed by atoms with van der Waals surface area (Å²) in [6.07, 6.45) is 2.15. The molecule has 16 heteroatoms. The van der Waals surface area contributed by atoms with Gasteiger partial charge in [0.2, 0.25) is 0 Å². The number of aromatic nitrogens is 2. The first-order chi connectivity index (χ1) is 24.1. The average molecular weight is 705 g/mol. The van der Waals surface area contributed by atoms with Crippen molar-refractivity contribution in [2.24, 2.45) is 0 Å². The van der Waals surface area contributed by atoms with Gasteiger partial charge < -0.3 is 0 Å². The van der Waals surface area contributed by atoms with E-state index >= 15 is 17.6 Å². The van der Waals surface area contributed by atoms with Gasteiger partial charge in [-0.2, -0.15) is 31.6 Å². The topological polar surface area (TPSA) is 169 Å². The van der Waals surface area contributed by atoms with Crippen LogP contribution in [0.2, 0.25) is 0 Å². The number of pyridine rings is 2. The van der Waals surface area contributed by atoms with Crippen molar-refractivity contribution in [2.45, 2.75) is 0 Å². The molecular weight excluding hydrogens is 699 g/mol. The molecule has 0 spiro atoms. The van der Waals surface area contributed by atoms with Crippen molar-refractivity contribution in [1.29, 1.82) is 31.6 Å². The SMILES string of the molecule is N#C/C(=C1C2=C(C(F)=C/1c1ccnc(C#N)c1)/C(=C(/C#N)c1sc(C#N)c(F)c1F)C(c1ccnc(C#N)c1)=C2F)c1sc(C#N)c(F)c1F. The molecule has 4 aromatic heterocycles. The highest BCUT2D eigenvalue weighted by atomic mass is 32.1. The summed E-state index contributed by atoms with van der Waals surface area (Å²) in [7, 11) is 0.